The molecule has 2 atom stereocenters. The standard InChI is InChI=1S/C16H21NO3/c1-2-4-14(5-3-1)6-7-16-19-13-15(20-16)12-17-8-10-18-11-9-17/h1-7,15-16H,8-13H2/b7-6+/t15-,16+/m1/s1. The lowest BCUT2D eigenvalue weighted by molar-refractivity contribution is -0.0340. The van der Waals surface area contributed by atoms with Crippen LogP contribution in [-0.2, 0) is 14.2 Å². The van der Waals surface area contributed by atoms with Crippen LogP contribution >= 0.6 is 0 Å². The molecular weight excluding hydrogens is 254 g/mol. The van der Waals surface area contributed by atoms with Crippen molar-refractivity contribution in [1.82, 2.24) is 4.90 Å². The highest BCUT2D eigenvalue weighted by atomic mass is 16.7. The molecule has 0 bridgehead atoms. The van der Waals surface area contributed by atoms with Gasteiger partial charge in [-0.25, -0.2) is 0 Å². The predicted octanol–water partition coefficient (Wildman–Crippen LogP) is 1.77. The Hall–Kier alpha value is -1.20. The summed E-state index contributed by atoms with van der Waals surface area (Å²) in [6.07, 6.45) is 3.97. The maximum Gasteiger partial charge on any atom is 0.177 e. The third-order valence-electron chi connectivity index (χ3n) is 3.58. The van der Waals surface area contributed by atoms with Crippen LogP contribution in [0.15, 0.2) is 36.4 Å². The SMILES string of the molecule is C(=C\[C@H]1OC[C@@H](CN2CCOCC2)O1)/c1ccccc1. The maximum absolute atomic E-state index is 5.89. The summed E-state index contributed by atoms with van der Waals surface area (Å²) in [4.78, 5) is 2.38. The van der Waals surface area contributed by atoms with Gasteiger partial charge in [0.05, 0.1) is 25.9 Å². The zero-order valence-electron chi connectivity index (χ0n) is 11.6. The summed E-state index contributed by atoms with van der Waals surface area (Å²) in [6.45, 7) is 5.23. The van der Waals surface area contributed by atoms with Gasteiger partial charge in [0, 0.05) is 19.6 Å². The van der Waals surface area contributed by atoms with Crippen molar-refractivity contribution in [3.8, 4) is 0 Å². The first-order chi connectivity index (χ1) is 9.90. The van der Waals surface area contributed by atoms with Crippen molar-refractivity contribution in [3.05, 3.63) is 42.0 Å². The molecule has 4 nitrogen and oxygen atoms in total. The topological polar surface area (TPSA) is 30.9 Å². The number of benzene rings is 1. The lowest BCUT2D eigenvalue weighted by Crippen LogP contribution is -2.41. The molecule has 2 aliphatic heterocycles. The Morgan fingerprint density at radius 3 is 2.75 bits per heavy atom. The Morgan fingerprint density at radius 1 is 1.15 bits per heavy atom. The van der Waals surface area contributed by atoms with E-state index in [2.05, 4.69) is 17.0 Å². The van der Waals surface area contributed by atoms with Crippen molar-refractivity contribution in [1.29, 1.82) is 0 Å². The van der Waals surface area contributed by atoms with Crippen molar-refractivity contribution in [2.24, 2.45) is 0 Å². The Morgan fingerprint density at radius 2 is 1.95 bits per heavy atom. The van der Waals surface area contributed by atoms with Gasteiger partial charge in [0.2, 0.25) is 0 Å². The van der Waals surface area contributed by atoms with Gasteiger partial charge in [0.1, 0.15) is 0 Å². The van der Waals surface area contributed by atoms with E-state index in [9.17, 15) is 0 Å². The molecular formula is C16H21NO3. The molecule has 0 amide bonds. The molecule has 1 aromatic carbocycles. The smallest absolute Gasteiger partial charge is 0.177 e. The Kier molecular flexibility index (Phi) is 4.82. The maximum atomic E-state index is 5.89. The van der Waals surface area contributed by atoms with E-state index in [4.69, 9.17) is 14.2 Å². The second kappa shape index (κ2) is 6.99. The molecule has 0 spiro atoms. The Labute approximate surface area is 119 Å². The van der Waals surface area contributed by atoms with Crippen molar-refractivity contribution in [3.63, 3.8) is 0 Å². The number of nitrogens with zero attached hydrogens (tertiary/aromatic N) is 1. The van der Waals surface area contributed by atoms with Crippen molar-refractivity contribution in [2.75, 3.05) is 39.5 Å². The van der Waals surface area contributed by atoms with Gasteiger partial charge in [-0.15, -0.1) is 0 Å². The van der Waals surface area contributed by atoms with Crippen LogP contribution in [0.1, 0.15) is 5.56 Å². The van der Waals surface area contributed by atoms with Crippen molar-refractivity contribution in [2.45, 2.75) is 12.4 Å². The Balaban J connectivity index is 1.46. The van der Waals surface area contributed by atoms with Crippen LogP contribution in [-0.4, -0.2) is 56.7 Å². The van der Waals surface area contributed by atoms with Crippen molar-refractivity contribution < 1.29 is 14.2 Å². The molecule has 2 aliphatic rings. The summed E-state index contributed by atoms with van der Waals surface area (Å²) in [7, 11) is 0. The average Bonchev–Trinajstić information content (AvgIpc) is 2.95. The summed E-state index contributed by atoms with van der Waals surface area (Å²) < 4.78 is 16.9. The highest BCUT2D eigenvalue weighted by Gasteiger charge is 2.26. The second-order valence-electron chi connectivity index (χ2n) is 5.14. The van der Waals surface area contributed by atoms with Crippen LogP contribution in [0.3, 0.4) is 0 Å². The molecule has 1 aromatic rings. The summed E-state index contributed by atoms with van der Waals surface area (Å²) in [6, 6.07) is 10.2. The van der Waals surface area contributed by atoms with Gasteiger partial charge < -0.3 is 14.2 Å². The summed E-state index contributed by atoms with van der Waals surface area (Å²) in [5, 5.41) is 0. The number of ether oxygens (including phenoxy) is 3. The molecule has 108 valence electrons. The average molecular weight is 275 g/mol. The van der Waals surface area contributed by atoms with Gasteiger partial charge in [0.15, 0.2) is 6.29 Å². The van der Waals surface area contributed by atoms with Crippen LogP contribution in [0.5, 0.6) is 0 Å². The first kappa shape index (κ1) is 13.8. The fraction of sp³-hybridized carbons (Fsp3) is 0.500. The third kappa shape index (κ3) is 3.90. The summed E-state index contributed by atoms with van der Waals surface area (Å²) in [5.41, 5.74) is 1.16. The fourth-order valence-electron chi connectivity index (χ4n) is 2.49. The van der Waals surface area contributed by atoms with Gasteiger partial charge >= 0.3 is 0 Å². The number of morpholine rings is 1. The van der Waals surface area contributed by atoms with E-state index in [1.165, 1.54) is 0 Å². The largest absolute Gasteiger partial charge is 0.379 e. The molecule has 2 saturated heterocycles. The minimum atomic E-state index is -0.221. The van der Waals surface area contributed by atoms with E-state index in [-0.39, 0.29) is 12.4 Å². The minimum absolute atomic E-state index is 0.165. The minimum Gasteiger partial charge on any atom is -0.379 e. The first-order valence-corrected chi connectivity index (χ1v) is 7.20. The lowest BCUT2D eigenvalue weighted by Gasteiger charge is -2.28. The molecule has 0 aromatic heterocycles. The van der Waals surface area contributed by atoms with Crippen LogP contribution in [0.4, 0.5) is 0 Å². The zero-order chi connectivity index (χ0) is 13.6. The van der Waals surface area contributed by atoms with Gasteiger partial charge in [-0.2, -0.15) is 0 Å². The molecule has 0 unspecified atom stereocenters. The first-order valence-electron chi connectivity index (χ1n) is 7.20. The fourth-order valence-corrected chi connectivity index (χ4v) is 2.49. The van der Waals surface area contributed by atoms with E-state index in [1.807, 2.05) is 30.4 Å². The van der Waals surface area contributed by atoms with Gasteiger partial charge in [-0.05, 0) is 11.6 Å². The summed E-state index contributed by atoms with van der Waals surface area (Å²) in [5.74, 6) is 0. The van der Waals surface area contributed by atoms with E-state index in [0.29, 0.717) is 6.61 Å². The summed E-state index contributed by atoms with van der Waals surface area (Å²) >= 11 is 0. The second-order valence-corrected chi connectivity index (χ2v) is 5.14. The van der Waals surface area contributed by atoms with E-state index in [0.717, 1.165) is 38.4 Å². The van der Waals surface area contributed by atoms with Gasteiger partial charge in [-0.1, -0.05) is 36.4 Å². The highest BCUT2D eigenvalue weighted by molar-refractivity contribution is 5.49. The predicted molar refractivity (Wildman–Crippen MR) is 77.3 cm³/mol. The monoisotopic (exact) mass is 275 g/mol. The van der Waals surface area contributed by atoms with Crippen LogP contribution in [0, 0.1) is 0 Å². The molecule has 2 heterocycles. The van der Waals surface area contributed by atoms with Crippen LogP contribution < -0.4 is 0 Å². The molecule has 20 heavy (non-hydrogen) atoms. The highest BCUT2D eigenvalue weighted by Crippen LogP contribution is 2.16. The molecule has 3 rings (SSSR count). The molecule has 2 fully saturated rings. The van der Waals surface area contributed by atoms with Crippen molar-refractivity contribution >= 4 is 6.08 Å². The quantitative estimate of drug-likeness (QED) is 0.838. The normalized spacial score (nSPS) is 28.2. The number of rotatable bonds is 4. The zero-order valence-corrected chi connectivity index (χ0v) is 11.6. The van der Waals surface area contributed by atoms with E-state index < -0.39 is 0 Å². The Bertz CT molecular complexity index is 429. The lowest BCUT2D eigenvalue weighted by atomic mass is 10.2. The molecule has 4 heteroatoms. The van der Waals surface area contributed by atoms with E-state index in [1.54, 1.807) is 0 Å². The van der Waals surface area contributed by atoms with E-state index >= 15 is 0 Å². The molecule has 0 aliphatic carbocycles. The van der Waals surface area contributed by atoms with Gasteiger partial charge in [0.25, 0.3) is 0 Å². The van der Waals surface area contributed by atoms with Crippen LogP contribution in [0.2, 0.25) is 0 Å². The third-order valence-corrected chi connectivity index (χ3v) is 3.58. The number of hydrogen-bond acceptors (Lipinski definition) is 4. The molecule has 0 radical (unpaired) electrons. The van der Waals surface area contributed by atoms with Crippen LogP contribution in [0.25, 0.3) is 6.08 Å². The number of hydrogen-bond donors (Lipinski definition) is 0. The molecule has 0 saturated carbocycles. The van der Waals surface area contributed by atoms with Gasteiger partial charge in [-0.3, -0.25) is 4.90 Å². The molecule has 0 N–H and O–H groups in total.